The Morgan fingerprint density at radius 2 is 1.46 bits per heavy atom. The molecule has 0 saturated carbocycles. The predicted octanol–water partition coefficient (Wildman–Crippen LogP) is -3.82. The van der Waals surface area contributed by atoms with E-state index in [4.69, 9.17) is 43.8 Å². The van der Waals surface area contributed by atoms with Gasteiger partial charge in [0.15, 0.2) is 36.4 Å². The van der Waals surface area contributed by atoms with Gasteiger partial charge < -0.3 is 65.5 Å². The number of nitrogen functional groups attached to an aromatic ring is 2. The van der Waals surface area contributed by atoms with Gasteiger partial charge in [0, 0.05) is 38.7 Å². The Bertz CT molecular complexity index is 3400. The first-order chi connectivity index (χ1) is 35.4. The van der Waals surface area contributed by atoms with Crippen molar-refractivity contribution in [2.75, 3.05) is 45.4 Å². The van der Waals surface area contributed by atoms with Crippen LogP contribution in [0.4, 0.5) is 16.2 Å². The van der Waals surface area contributed by atoms with E-state index in [-0.39, 0.29) is 34.1 Å². The molecule has 0 aliphatic carbocycles. The molecule has 5 aromatic heterocycles. The Balaban J connectivity index is 0.939. The number of aromatic amines is 2. The quantitative estimate of drug-likeness (QED) is 0.0263. The zero-order valence-corrected chi connectivity index (χ0v) is 42.6. The van der Waals surface area contributed by atoms with E-state index in [1.165, 1.54) is 36.6 Å². The summed E-state index contributed by atoms with van der Waals surface area (Å²) in [5.41, 5.74) is 8.66. The molecule has 16 atom stereocenters. The second-order valence-electron chi connectivity index (χ2n) is 17.1. The molecule has 4 unspecified atom stereocenters. The van der Waals surface area contributed by atoms with Crippen molar-refractivity contribution in [1.29, 1.82) is 0 Å². The lowest BCUT2D eigenvalue weighted by Crippen LogP contribution is -2.45. The molecule has 8 heterocycles. The molecular weight excluding hydrogens is 1120 g/mol. The molecule has 0 bridgehead atoms. The minimum atomic E-state index is -6.28. The summed E-state index contributed by atoms with van der Waals surface area (Å²) in [7, 11) is -19.6. The minimum absolute atomic E-state index is 0.0221. The first-order valence-electron chi connectivity index (χ1n) is 21.7. The van der Waals surface area contributed by atoms with Gasteiger partial charge in [0.05, 0.1) is 39.3 Å². The van der Waals surface area contributed by atoms with Gasteiger partial charge in [-0.1, -0.05) is 4.98 Å². The standard InChI is InChI=1S/C34H46FN13O24P4/c1-44(2)18(50)6-13-14(67-31(22(13)51)48-12-45(3)21-28(48)42-33(37)43-29(21)54)7-65-74(58,59)71-76(62,63)72-75(60,61)66-9-16-25(19(35)30(69-16)47-11-40-20-26(36)38-10-39-27(20)47)70-73(56,57)64-8-15-23(52)24(53)32(68-15)46-5-4-17(49)41-34(46)55/h4-5,10-16,19,22-25,30-32,51-53H,6-9H2,1-3H3,(H9-,36,37,38,39,41,42,43,49,54,55,56,57,58,59,60,61,62,63)/p+1/t13-,14-,15-,16-,19-,22-,23-,24-,25-,30-,31-,32-/m1/s1. The Morgan fingerprint density at radius 3 is 2.12 bits per heavy atom. The third-order valence-electron chi connectivity index (χ3n) is 11.8. The number of amides is 1. The second-order valence-corrected chi connectivity index (χ2v) is 23.2. The molecule has 8 rings (SSSR count). The number of anilines is 2. The number of nitrogens with two attached hydrogens (primary N) is 2. The average Bonchev–Trinajstić information content (AvgIpc) is 4.11. The van der Waals surface area contributed by atoms with Crippen molar-refractivity contribution in [3.8, 4) is 0 Å². The molecule has 42 heteroatoms. The van der Waals surface area contributed by atoms with Crippen molar-refractivity contribution in [2.24, 2.45) is 13.0 Å². The smallest absolute Gasteiger partial charge is 0.387 e. The molecule has 418 valence electrons. The maximum absolute atomic E-state index is 16.5. The van der Waals surface area contributed by atoms with Crippen molar-refractivity contribution >= 4 is 71.3 Å². The van der Waals surface area contributed by atoms with Gasteiger partial charge in [0.25, 0.3) is 17.1 Å². The zero-order chi connectivity index (χ0) is 55.6. The van der Waals surface area contributed by atoms with E-state index in [0.717, 1.165) is 34.4 Å². The van der Waals surface area contributed by atoms with Gasteiger partial charge in [-0.2, -0.15) is 8.62 Å². The van der Waals surface area contributed by atoms with Gasteiger partial charge in [0.2, 0.25) is 17.7 Å². The Kier molecular flexibility index (Phi) is 16.2. The molecule has 5 aromatic rings. The molecule has 0 radical (unpaired) electrons. The van der Waals surface area contributed by atoms with Crippen LogP contribution < -0.4 is 32.8 Å². The van der Waals surface area contributed by atoms with Gasteiger partial charge in [-0.3, -0.25) is 56.1 Å². The monoisotopic (exact) mass is 1160 g/mol. The van der Waals surface area contributed by atoms with E-state index in [2.05, 4.69) is 33.5 Å². The van der Waals surface area contributed by atoms with E-state index >= 15 is 4.39 Å². The van der Waals surface area contributed by atoms with Crippen LogP contribution in [0.2, 0.25) is 0 Å². The van der Waals surface area contributed by atoms with Crippen LogP contribution in [0.5, 0.6) is 0 Å². The van der Waals surface area contributed by atoms with Gasteiger partial charge in [0.1, 0.15) is 48.5 Å². The summed E-state index contributed by atoms with van der Waals surface area (Å²) in [4.78, 5) is 113. The first kappa shape index (κ1) is 57.0. The number of aromatic nitrogens is 10. The molecule has 0 spiro atoms. The number of halogens is 1. The number of hydrogen-bond acceptors (Lipinski definition) is 26. The lowest BCUT2D eigenvalue weighted by atomic mass is 9.94. The molecule has 3 fully saturated rings. The number of phosphoric ester groups is 3. The molecular formula is C34H47FN13O24P4+. The largest absolute Gasteiger partial charge is 0.490 e. The van der Waals surface area contributed by atoms with E-state index in [0.29, 0.717) is 4.57 Å². The van der Waals surface area contributed by atoms with Crippen molar-refractivity contribution in [2.45, 2.75) is 74.0 Å². The van der Waals surface area contributed by atoms with Crippen LogP contribution in [0.25, 0.3) is 22.3 Å². The summed E-state index contributed by atoms with van der Waals surface area (Å²) in [6.45, 7) is -3.64. The molecule has 37 nitrogen and oxygen atoms in total. The van der Waals surface area contributed by atoms with Gasteiger partial charge in [-0.15, -0.1) is 0 Å². The topological polar surface area (TPSA) is 518 Å². The van der Waals surface area contributed by atoms with Crippen LogP contribution in [0, 0.1) is 5.92 Å². The average molecular weight is 1160 g/mol. The first-order valence-corrected chi connectivity index (χ1v) is 27.6. The Labute approximate surface area is 421 Å². The molecule has 76 heavy (non-hydrogen) atoms. The second kappa shape index (κ2) is 21.6. The minimum Gasteiger partial charge on any atom is -0.387 e. The van der Waals surface area contributed by atoms with E-state index in [1.54, 1.807) is 0 Å². The van der Waals surface area contributed by atoms with Crippen LogP contribution in [0.3, 0.4) is 0 Å². The normalized spacial score (nSPS) is 30.0. The zero-order valence-electron chi connectivity index (χ0n) is 39.1. The summed E-state index contributed by atoms with van der Waals surface area (Å²) in [6.07, 6.45) is -17.1. The van der Waals surface area contributed by atoms with Crippen LogP contribution in [0.1, 0.15) is 25.1 Å². The molecule has 0 aromatic carbocycles. The number of fused-ring (bicyclic) bond motifs is 2. The summed E-state index contributed by atoms with van der Waals surface area (Å²) >= 11 is 0. The predicted molar refractivity (Wildman–Crippen MR) is 243 cm³/mol. The molecule has 3 saturated heterocycles. The third-order valence-corrected chi connectivity index (χ3v) is 17.0. The van der Waals surface area contributed by atoms with Crippen LogP contribution in [-0.4, -0.2) is 172 Å². The fourth-order valence-electron chi connectivity index (χ4n) is 8.25. The number of aryl methyl sites for hydroxylation is 1. The number of nitrogens with zero attached hydrogens (tertiary/aromatic N) is 9. The van der Waals surface area contributed by atoms with Crippen molar-refractivity contribution < 1.29 is 108 Å². The number of imidazole rings is 2. The van der Waals surface area contributed by atoms with Crippen LogP contribution in [0.15, 0.2) is 45.6 Å². The van der Waals surface area contributed by atoms with E-state index in [1.807, 2.05) is 4.98 Å². The SMILES string of the molecule is CN(C)C(=O)C[C@H]1[C@@H](O)[C@H]([n+]2cn(C)c3c(=O)[nH]c(N)nc32)O[C@@H]1COP(=O)(O)OP(=O)(O)OP(=O)(O)OC[C@H]1O[C@@H](n2cnc3c(N)ncnc32)[C@H](F)[C@@H]1OP(=O)(O)OC[C@H]1O[C@@H](n2ccc(=O)[nH]c2=O)[C@H](O)[C@@H]1O. The third kappa shape index (κ3) is 12.1. The number of rotatable bonds is 20. The fraction of sp³-hybridized carbons (Fsp3) is 0.559. The van der Waals surface area contributed by atoms with E-state index < -0.39 is 154 Å². The van der Waals surface area contributed by atoms with Crippen molar-refractivity contribution in [1.82, 2.24) is 48.5 Å². The highest BCUT2D eigenvalue weighted by atomic mass is 31.3. The highest BCUT2D eigenvalue weighted by Gasteiger charge is 2.54. The lowest BCUT2D eigenvalue weighted by Gasteiger charge is -2.24. The number of nitrogens with one attached hydrogen (secondary N) is 2. The number of ether oxygens (including phenoxy) is 3. The highest BCUT2D eigenvalue weighted by Crippen LogP contribution is 2.68. The van der Waals surface area contributed by atoms with Gasteiger partial charge >= 0.3 is 42.6 Å². The van der Waals surface area contributed by atoms with Crippen molar-refractivity contribution in [3.05, 3.63) is 62.4 Å². The molecule has 3 aliphatic heterocycles. The lowest BCUT2D eigenvalue weighted by molar-refractivity contribution is -0.745. The van der Waals surface area contributed by atoms with Gasteiger partial charge in [-0.25, -0.2) is 47.0 Å². The number of H-pyrrole nitrogens is 2. The summed E-state index contributed by atoms with van der Waals surface area (Å²) in [6, 6.07) is 0.894. The van der Waals surface area contributed by atoms with Crippen LogP contribution >= 0.6 is 31.3 Å². The maximum Gasteiger partial charge on any atom is 0.490 e. The number of aliphatic hydroxyl groups excluding tert-OH is 3. The number of carbonyl (C=O) groups excluding carboxylic acids is 1. The fourth-order valence-corrected chi connectivity index (χ4v) is 12.7. The maximum atomic E-state index is 16.5. The number of aliphatic hydroxyl groups is 3. The van der Waals surface area contributed by atoms with E-state index in [9.17, 15) is 72.3 Å². The Morgan fingerprint density at radius 1 is 0.829 bits per heavy atom. The summed E-state index contributed by atoms with van der Waals surface area (Å²) < 4.78 is 118. The Hall–Kier alpha value is -5.14. The summed E-state index contributed by atoms with van der Waals surface area (Å²) in [5.74, 6) is -2.33. The molecule has 1 amide bonds. The van der Waals surface area contributed by atoms with Crippen LogP contribution in [-0.2, 0) is 71.0 Å². The van der Waals surface area contributed by atoms with Crippen molar-refractivity contribution in [3.63, 3.8) is 0 Å². The highest BCUT2D eigenvalue weighted by molar-refractivity contribution is 7.66. The number of alkyl halides is 1. The summed E-state index contributed by atoms with van der Waals surface area (Å²) in [5, 5.41) is 32.6. The molecule has 13 N–H and O–H groups in total. The molecule has 3 aliphatic rings. The van der Waals surface area contributed by atoms with Gasteiger partial charge in [-0.05, 0) is 0 Å². The number of phosphoric acid groups is 4. The number of carbonyl (C=O) groups is 1. The number of hydrogen-bond donors (Lipinski definition) is 11.